The van der Waals surface area contributed by atoms with E-state index in [0.29, 0.717) is 6.42 Å². The zero-order valence-electron chi connectivity index (χ0n) is 9.95. The molecule has 17 heavy (non-hydrogen) atoms. The van der Waals surface area contributed by atoms with Crippen LogP contribution in [0.5, 0.6) is 0 Å². The van der Waals surface area contributed by atoms with Gasteiger partial charge in [0.15, 0.2) is 0 Å². The van der Waals surface area contributed by atoms with Gasteiger partial charge < -0.3 is 5.11 Å². The van der Waals surface area contributed by atoms with E-state index in [2.05, 4.69) is 17.0 Å². The van der Waals surface area contributed by atoms with Crippen LogP contribution in [0.1, 0.15) is 30.6 Å². The molecule has 0 aliphatic heterocycles. The third-order valence-corrected chi connectivity index (χ3v) is 2.67. The van der Waals surface area contributed by atoms with Crippen LogP contribution in [0.25, 0.3) is 0 Å². The summed E-state index contributed by atoms with van der Waals surface area (Å²) in [5, 5.41) is 14.3. The maximum Gasteiger partial charge on any atom is 0.0860 e. The van der Waals surface area contributed by atoms with Crippen molar-refractivity contribution in [2.45, 2.75) is 32.4 Å². The van der Waals surface area contributed by atoms with Crippen LogP contribution in [0.15, 0.2) is 36.9 Å². The monoisotopic (exact) mass is 231 g/mol. The largest absolute Gasteiger partial charge is 0.388 e. The first-order valence-corrected chi connectivity index (χ1v) is 5.89. The highest BCUT2D eigenvalue weighted by Crippen LogP contribution is 2.17. The van der Waals surface area contributed by atoms with E-state index in [-0.39, 0.29) is 0 Å². The number of hydrogen-bond donors (Lipinski definition) is 1. The van der Waals surface area contributed by atoms with Gasteiger partial charge in [0.1, 0.15) is 0 Å². The Morgan fingerprint density at radius 2 is 2.12 bits per heavy atom. The molecule has 2 heterocycles. The normalized spacial score (nSPS) is 12.6. The van der Waals surface area contributed by atoms with E-state index in [1.807, 2.05) is 23.0 Å². The van der Waals surface area contributed by atoms with Crippen molar-refractivity contribution in [1.82, 2.24) is 14.8 Å². The molecule has 0 fully saturated rings. The number of aliphatic hydroxyl groups is 1. The van der Waals surface area contributed by atoms with Crippen molar-refractivity contribution < 1.29 is 5.11 Å². The molecule has 0 spiro atoms. The van der Waals surface area contributed by atoms with Crippen molar-refractivity contribution >= 4 is 0 Å². The summed E-state index contributed by atoms with van der Waals surface area (Å²) >= 11 is 0. The predicted octanol–water partition coefficient (Wildman–Crippen LogP) is 1.96. The van der Waals surface area contributed by atoms with Gasteiger partial charge in [0.05, 0.1) is 12.3 Å². The average Bonchev–Trinajstić information content (AvgIpc) is 2.79. The van der Waals surface area contributed by atoms with Gasteiger partial charge in [-0.15, -0.1) is 0 Å². The molecule has 0 aliphatic rings. The molecule has 90 valence electrons. The van der Waals surface area contributed by atoms with Crippen molar-refractivity contribution in [3.05, 3.63) is 48.0 Å². The quantitative estimate of drug-likeness (QED) is 0.855. The number of hydrogen-bond acceptors (Lipinski definition) is 3. The zero-order chi connectivity index (χ0) is 12.1. The second-order valence-corrected chi connectivity index (χ2v) is 4.11. The summed E-state index contributed by atoms with van der Waals surface area (Å²) in [6.45, 7) is 3.00. The van der Waals surface area contributed by atoms with E-state index >= 15 is 0 Å². The molecule has 1 unspecified atom stereocenters. The highest BCUT2D eigenvalue weighted by Gasteiger charge is 2.10. The van der Waals surface area contributed by atoms with Crippen LogP contribution in [0.3, 0.4) is 0 Å². The van der Waals surface area contributed by atoms with Crippen LogP contribution >= 0.6 is 0 Å². The SMILES string of the molecule is CCCn1cc(C(O)Cc2ccncc2)cn1. The van der Waals surface area contributed by atoms with E-state index < -0.39 is 6.10 Å². The molecule has 0 saturated carbocycles. The maximum absolute atomic E-state index is 10.1. The van der Waals surface area contributed by atoms with Crippen LogP contribution in [-0.4, -0.2) is 19.9 Å². The summed E-state index contributed by atoms with van der Waals surface area (Å²) in [7, 11) is 0. The lowest BCUT2D eigenvalue weighted by Gasteiger charge is -2.07. The predicted molar refractivity (Wildman–Crippen MR) is 65.4 cm³/mol. The van der Waals surface area contributed by atoms with Crippen LogP contribution in [0.4, 0.5) is 0 Å². The summed E-state index contributed by atoms with van der Waals surface area (Å²) in [5.74, 6) is 0. The Morgan fingerprint density at radius 1 is 1.35 bits per heavy atom. The van der Waals surface area contributed by atoms with E-state index in [1.165, 1.54) is 0 Å². The molecule has 0 aromatic carbocycles. The second-order valence-electron chi connectivity index (χ2n) is 4.11. The van der Waals surface area contributed by atoms with Gasteiger partial charge in [0, 0.05) is 37.1 Å². The molecule has 0 bridgehead atoms. The molecule has 0 radical (unpaired) electrons. The minimum atomic E-state index is -0.497. The van der Waals surface area contributed by atoms with Gasteiger partial charge in [0.25, 0.3) is 0 Å². The Kier molecular flexibility index (Phi) is 3.88. The number of aryl methyl sites for hydroxylation is 1. The van der Waals surface area contributed by atoms with E-state index in [4.69, 9.17) is 0 Å². The summed E-state index contributed by atoms with van der Waals surface area (Å²) < 4.78 is 1.87. The van der Waals surface area contributed by atoms with Crippen LogP contribution in [0.2, 0.25) is 0 Å². The van der Waals surface area contributed by atoms with Gasteiger partial charge in [-0.25, -0.2) is 0 Å². The van der Waals surface area contributed by atoms with Crippen molar-refractivity contribution in [2.75, 3.05) is 0 Å². The molecular formula is C13H17N3O. The number of aliphatic hydroxyl groups excluding tert-OH is 1. The molecule has 2 aromatic heterocycles. The van der Waals surface area contributed by atoms with Crippen molar-refractivity contribution in [3.8, 4) is 0 Å². The zero-order valence-corrected chi connectivity index (χ0v) is 9.95. The van der Waals surface area contributed by atoms with E-state index in [0.717, 1.165) is 24.1 Å². The molecule has 0 saturated heterocycles. The van der Waals surface area contributed by atoms with Crippen LogP contribution < -0.4 is 0 Å². The smallest absolute Gasteiger partial charge is 0.0860 e. The van der Waals surface area contributed by atoms with Gasteiger partial charge in [-0.1, -0.05) is 6.92 Å². The summed E-state index contributed by atoms with van der Waals surface area (Å²) in [6.07, 6.45) is 8.27. The van der Waals surface area contributed by atoms with Crippen LogP contribution in [-0.2, 0) is 13.0 Å². The Balaban J connectivity index is 2.01. The third-order valence-electron chi connectivity index (χ3n) is 2.67. The van der Waals surface area contributed by atoms with E-state index in [1.54, 1.807) is 18.6 Å². The molecule has 4 nitrogen and oxygen atoms in total. The fourth-order valence-corrected chi connectivity index (χ4v) is 1.76. The van der Waals surface area contributed by atoms with Gasteiger partial charge >= 0.3 is 0 Å². The molecule has 2 aromatic rings. The minimum absolute atomic E-state index is 0.497. The molecule has 1 atom stereocenters. The van der Waals surface area contributed by atoms with Crippen molar-refractivity contribution in [1.29, 1.82) is 0 Å². The fraction of sp³-hybridized carbons (Fsp3) is 0.385. The topological polar surface area (TPSA) is 50.9 Å². The first-order valence-electron chi connectivity index (χ1n) is 5.89. The number of pyridine rings is 1. The third kappa shape index (κ3) is 3.14. The van der Waals surface area contributed by atoms with Crippen molar-refractivity contribution in [3.63, 3.8) is 0 Å². The Labute approximate surface area is 101 Å². The maximum atomic E-state index is 10.1. The standard InChI is InChI=1S/C13H17N3O/c1-2-7-16-10-12(9-15-16)13(17)8-11-3-5-14-6-4-11/h3-6,9-10,13,17H,2,7-8H2,1H3. The molecular weight excluding hydrogens is 214 g/mol. The lowest BCUT2D eigenvalue weighted by Crippen LogP contribution is -2.01. The number of rotatable bonds is 5. The van der Waals surface area contributed by atoms with Gasteiger partial charge in [0.2, 0.25) is 0 Å². The summed E-state index contributed by atoms with van der Waals surface area (Å²) in [6, 6.07) is 3.83. The van der Waals surface area contributed by atoms with Gasteiger partial charge in [-0.3, -0.25) is 9.67 Å². The summed E-state index contributed by atoms with van der Waals surface area (Å²) in [4.78, 5) is 3.96. The minimum Gasteiger partial charge on any atom is -0.388 e. The molecule has 1 N–H and O–H groups in total. The van der Waals surface area contributed by atoms with Gasteiger partial charge in [-0.05, 0) is 24.1 Å². The Morgan fingerprint density at radius 3 is 2.82 bits per heavy atom. The lowest BCUT2D eigenvalue weighted by molar-refractivity contribution is 0.178. The fourth-order valence-electron chi connectivity index (χ4n) is 1.76. The molecule has 0 amide bonds. The molecule has 0 aliphatic carbocycles. The van der Waals surface area contributed by atoms with Crippen LogP contribution in [0, 0.1) is 0 Å². The summed E-state index contributed by atoms with van der Waals surface area (Å²) in [5.41, 5.74) is 1.95. The highest BCUT2D eigenvalue weighted by molar-refractivity contribution is 5.16. The Hall–Kier alpha value is -1.68. The number of aromatic nitrogens is 3. The first-order chi connectivity index (χ1) is 8.29. The molecule has 4 heteroatoms. The number of nitrogens with zero attached hydrogens (tertiary/aromatic N) is 3. The lowest BCUT2D eigenvalue weighted by atomic mass is 10.1. The first kappa shape index (κ1) is 11.8. The van der Waals surface area contributed by atoms with Gasteiger partial charge in [-0.2, -0.15) is 5.10 Å². The van der Waals surface area contributed by atoms with Crippen molar-refractivity contribution in [2.24, 2.45) is 0 Å². The highest BCUT2D eigenvalue weighted by atomic mass is 16.3. The second kappa shape index (κ2) is 5.59. The van der Waals surface area contributed by atoms with E-state index in [9.17, 15) is 5.11 Å². The molecule has 2 rings (SSSR count). The average molecular weight is 231 g/mol. The Bertz CT molecular complexity index is 453.